The molecule has 32 heavy (non-hydrogen) atoms. The minimum Gasteiger partial charge on any atom is -0.467 e. The number of carbonyl (C=O) groups is 4. The summed E-state index contributed by atoms with van der Waals surface area (Å²) in [4.78, 5) is 55.2. The van der Waals surface area contributed by atoms with E-state index >= 15 is 0 Å². The molecule has 2 fully saturated rings. The molecule has 1 N–H and O–H groups in total. The molecule has 0 aliphatic carbocycles. The van der Waals surface area contributed by atoms with E-state index in [1.54, 1.807) is 4.90 Å². The Morgan fingerprint density at radius 2 is 1.84 bits per heavy atom. The number of hydrogen-bond acceptors (Lipinski definition) is 6. The van der Waals surface area contributed by atoms with Crippen LogP contribution < -0.4 is 5.32 Å². The van der Waals surface area contributed by atoms with Crippen molar-refractivity contribution in [2.24, 2.45) is 0 Å². The van der Waals surface area contributed by atoms with Crippen LogP contribution in [0.1, 0.15) is 17.3 Å². The third-order valence-electron chi connectivity index (χ3n) is 5.48. The summed E-state index contributed by atoms with van der Waals surface area (Å²) < 4.78 is 23.5. The topological polar surface area (TPSA) is 108 Å². The van der Waals surface area contributed by atoms with Crippen LogP contribution in [0.5, 0.6) is 0 Å². The molecule has 2 atom stereocenters. The maximum Gasteiger partial charge on any atom is 0.328 e. The van der Waals surface area contributed by atoms with Crippen LogP contribution in [0.15, 0.2) is 24.3 Å². The third kappa shape index (κ3) is 5.34. The van der Waals surface area contributed by atoms with Gasteiger partial charge in [0.1, 0.15) is 17.9 Å². The number of halogens is 1. The zero-order valence-corrected chi connectivity index (χ0v) is 18.1. The number of morpholine rings is 1. The van der Waals surface area contributed by atoms with Gasteiger partial charge in [0, 0.05) is 31.7 Å². The normalized spacial score (nSPS) is 19.8. The quantitative estimate of drug-likeness (QED) is 0.651. The molecule has 2 aliphatic rings. The number of nitrogens with zero attached hydrogens (tertiary/aromatic N) is 3. The molecule has 3 rings (SSSR count). The first kappa shape index (κ1) is 23.5. The predicted molar refractivity (Wildman–Crippen MR) is 110 cm³/mol. The van der Waals surface area contributed by atoms with Gasteiger partial charge in [0.2, 0.25) is 5.91 Å². The van der Waals surface area contributed by atoms with E-state index in [1.165, 1.54) is 42.0 Å². The molecular formula is C21H27FN4O6. The Hall–Kier alpha value is -3.21. The lowest BCUT2D eigenvalue weighted by Crippen LogP contribution is -2.65. The number of methoxy groups -OCH3 is 1. The van der Waals surface area contributed by atoms with Crippen LogP contribution in [0, 0.1) is 5.82 Å². The molecule has 10 nitrogen and oxygen atoms in total. The van der Waals surface area contributed by atoms with E-state index in [-0.39, 0.29) is 31.2 Å². The molecule has 4 amide bonds. The van der Waals surface area contributed by atoms with Crippen LogP contribution in [0.3, 0.4) is 0 Å². The van der Waals surface area contributed by atoms with Gasteiger partial charge in [-0.2, -0.15) is 0 Å². The fourth-order valence-corrected chi connectivity index (χ4v) is 3.71. The summed E-state index contributed by atoms with van der Waals surface area (Å²) in [6.07, 6.45) is 0. The molecule has 11 heteroatoms. The minimum atomic E-state index is -1.02. The number of esters is 1. The summed E-state index contributed by atoms with van der Waals surface area (Å²) >= 11 is 0. The van der Waals surface area contributed by atoms with Gasteiger partial charge in [-0.15, -0.1) is 0 Å². The average Bonchev–Trinajstić information content (AvgIpc) is 2.82. The molecular weight excluding hydrogens is 423 g/mol. The van der Waals surface area contributed by atoms with Crippen LogP contribution in [-0.2, 0) is 19.1 Å². The van der Waals surface area contributed by atoms with Gasteiger partial charge < -0.3 is 29.5 Å². The zero-order chi connectivity index (χ0) is 23.3. The van der Waals surface area contributed by atoms with Gasteiger partial charge in [-0.25, -0.2) is 14.0 Å². The highest BCUT2D eigenvalue weighted by molar-refractivity contribution is 5.96. The molecule has 0 radical (unpaired) electrons. The standard InChI is InChI=1S/C21H27FN4O6/c1-14(20(29)31-2)23-18(27)17-13-25(19(28)15-4-3-5-16(22)12-15)6-7-26(17)21(30)24-8-10-32-11-9-24/h3-5,12,14,17H,6-11,13H2,1-2H3,(H,23,27)/t14-,17-/m1/s1. The Kier molecular flexibility index (Phi) is 7.62. The highest BCUT2D eigenvalue weighted by atomic mass is 19.1. The number of ether oxygens (including phenoxy) is 2. The van der Waals surface area contributed by atoms with E-state index in [0.29, 0.717) is 26.3 Å². The summed E-state index contributed by atoms with van der Waals surface area (Å²) in [6.45, 7) is 3.27. The summed E-state index contributed by atoms with van der Waals surface area (Å²) in [5, 5.41) is 2.55. The number of piperazine rings is 1. The van der Waals surface area contributed by atoms with E-state index in [4.69, 9.17) is 4.74 Å². The summed E-state index contributed by atoms with van der Waals surface area (Å²) in [5.41, 5.74) is 0.153. The number of nitrogens with one attached hydrogen (secondary N) is 1. The van der Waals surface area contributed by atoms with Crippen molar-refractivity contribution in [3.05, 3.63) is 35.6 Å². The smallest absolute Gasteiger partial charge is 0.328 e. The second kappa shape index (κ2) is 10.4. The molecule has 1 aromatic carbocycles. The van der Waals surface area contributed by atoms with E-state index in [9.17, 15) is 23.6 Å². The van der Waals surface area contributed by atoms with Crippen LogP contribution >= 0.6 is 0 Å². The SMILES string of the molecule is COC(=O)[C@@H](C)NC(=O)[C@H]1CN(C(=O)c2cccc(F)c2)CCN1C(=O)N1CCOCC1. The summed E-state index contributed by atoms with van der Waals surface area (Å²) in [6, 6.07) is 3.00. The molecule has 1 aromatic rings. The number of urea groups is 1. The van der Waals surface area contributed by atoms with E-state index in [2.05, 4.69) is 10.1 Å². The van der Waals surface area contributed by atoms with Crippen molar-refractivity contribution in [3.8, 4) is 0 Å². The second-order valence-corrected chi connectivity index (χ2v) is 7.61. The number of rotatable bonds is 4. The molecule has 0 spiro atoms. The largest absolute Gasteiger partial charge is 0.467 e. The van der Waals surface area contributed by atoms with Gasteiger partial charge in [0.25, 0.3) is 5.91 Å². The molecule has 2 heterocycles. The van der Waals surface area contributed by atoms with E-state index in [1.807, 2.05) is 0 Å². The monoisotopic (exact) mass is 450 g/mol. The Balaban J connectivity index is 1.79. The van der Waals surface area contributed by atoms with Crippen LogP contribution in [-0.4, -0.2) is 104 Å². The van der Waals surface area contributed by atoms with Crippen LogP contribution in [0.4, 0.5) is 9.18 Å². The fraction of sp³-hybridized carbons (Fsp3) is 0.524. The van der Waals surface area contributed by atoms with Gasteiger partial charge in [-0.05, 0) is 25.1 Å². The lowest BCUT2D eigenvalue weighted by molar-refractivity contribution is -0.145. The Labute approximate surface area is 185 Å². The number of amides is 4. The number of hydrogen-bond donors (Lipinski definition) is 1. The predicted octanol–water partition coefficient (Wildman–Crippen LogP) is 0.0820. The fourth-order valence-electron chi connectivity index (χ4n) is 3.71. The van der Waals surface area contributed by atoms with Crippen LogP contribution in [0.2, 0.25) is 0 Å². The molecule has 0 bridgehead atoms. The summed E-state index contributed by atoms with van der Waals surface area (Å²) in [5.74, 6) is -2.20. The lowest BCUT2D eigenvalue weighted by Gasteiger charge is -2.43. The average molecular weight is 450 g/mol. The van der Waals surface area contributed by atoms with Gasteiger partial charge in [-0.1, -0.05) is 6.07 Å². The molecule has 0 saturated carbocycles. The van der Waals surface area contributed by atoms with Gasteiger partial charge in [0.15, 0.2) is 0 Å². The third-order valence-corrected chi connectivity index (χ3v) is 5.48. The highest BCUT2D eigenvalue weighted by Gasteiger charge is 2.40. The van der Waals surface area contributed by atoms with Gasteiger partial charge >= 0.3 is 12.0 Å². The molecule has 0 aromatic heterocycles. The second-order valence-electron chi connectivity index (χ2n) is 7.61. The van der Waals surface area contributed by atoms with Crippen molar-refractivity contribution in [2.45, 2.75) is 19.0 Å². The zero-order valence-electron chi connectivity index (χ0n) is 18.1. The first-order valence-corrected chi connectivity index (χ1v) is 10.4. The van der Waals surface area contributed by atoms with Gasteiger partial charge in [0.05, 0.1) is 26.9 Å². The first-order valence-electron chi connectivity index (χ1n) is 10.4. The van der Waals surface area contributed by atoms with Crippen molar-refractivity contribution >= 4 is 23.8 Å². The van der Waals surface area contributed by atoms with E-state index in [0.717, 1.165) is 6.07 Å². The maximum absolute atomic E-state index is 13.6. The van der Waals surface area contributed by atoms with Crippen molar-refractivity contribution < 1.29 is 33.0 Å². The van der Waals surface area contributed by atoms with Crippen molar-refractivity contribution in [3.63, 3.8) is 0 Å². The van der Waals surface area contributed by atoms with Crippen molar-refractivity contribution in [1.82, 2.24) is 20.0 Å². The van der Waals surface area contributed by atoms with E-state index < -0.39 is 35.7 Å². The van der Waals surface area contributed by atoms with Crippen molar-refractivity contribution in [1.29, 1.82) is 0 Å². The Morgan fingerprint density at radius 1 is 1.12 bits per heavy atom. The number of carbonyl (C=O) groups excluding carboxylic acids is 4. The van der Waals surface area contributed by atoms with Gasteiger partial charge in [-0.3, -0.25) is 9.59 Å². The highest BCUT2D eigenvalue weighted by Crippen LogP contribution is 2.17. The molecule has 0 unspecified atom stereocenters. The molecule has 2 saturated heterocycles. The molecule has 2 aliphatic heterocycles. The summed E-state index contributed by atoms with van der Waals surface area (Å²) in [7, 11) is 1.21. The molecule has 174 valence electrons. The van der Waals surface area contributed by atoms with Crippen LogP contribution in [0.25, 0.3) is 0 Å². The maximum atomic E-state index is 13.6. The lowest BCUT2D eigenvalue weighted by atomic mass is 10.1. The Morgan fingerprint density at radius 3 is 2.50 bits per heavy atom. The Bertz CT molecular complexity index is 876. The first-order chi connectivity index (χ1) is 15.3. The minimum absolute atomic E-state index is 0.0921. The van der Waals surface area contributed by atoms with Crippen molar-refractivity contribution in [2.75, 3.05) is 53.0 Å². The number of benzene rings is 1.